The third kappa shape index (κ3) is 3.04. The molecule has 2 nitrogen and oxygen atoms in total. The van der Waals surface area contributed by atoms with Crippen LogP contribution in [-0.4, -0.2) is 30.1 Å². The lowest BCUT2D eigenvalue weighted by Gasteiger charge is -2.32. The van der Waals surface area contributed by atoms with E-state index in [1.165, 1.54) is 54.4 Å². The van der Waals surface area contributed by atoms with Gasteiger partial charge in [-0.1, -0.05) is 34.5 Å². The summed E-state index contributed by atoms with van der Waals surface area (Å²) in [6, 6.07) is 8.17. The number of hydrogen-bond donors (Lipinski definition) is 1. The molecule has 1 N–H and O–H groups in total. The average Bonchev–Trinajstić information content (AvgIpc) is 2.83. The van der Waals surface area contributed by atoms with E-state index in [1.54, 1.807) is 0 Å². The molecule has 2 heterocycles. The summed E-state index contributed by atoms with van der Waals surface area (Å²) in [7, 11) is 0. The minimum atomic E-state index is 0.695. The Morgan fingerprint density at radius 3 is 3.00 bits per heavy atom. The van der Waals surface area contributed by atoms with Gasteiger partial charge in [-0.2, -0.15) is 0 Å². The van der Waals surface area contributed by atoms with Crippen molar-refractivity contribution in [3.8, 4) is 0 Å². The lowest BCUT2D eigenvalue weighted by Crippen LogP contribution is -2.44. The number of fused-ring (bicyclic) bond motifs is 1. The van der Waals surface area contributed by atoms with Crippen LogP contribution in [0.1, 0.15) is 36.8 Å². The van der Waals surface area contributed by atoms with Crippen molar-refractivity contribution in [1.29, 1.82) is 0 Å². The summed E-state index contributed by atoms with van der Waals surface area (Å²) < 4.78 is 1.22. The molecule has 1 aromatic carbocycles. The van der Waals surface area contributed by atoms with Crippen molar-refractivity contribution in [1.82, 2.24) is 10.2 Å². The van der Waals surface area contributed by atoms with E-state index < -0.39 is 0 Å². The third-order valence-electron chi connectivity index (χ3n) is 4.66. The molecule has 2 aliphatic rings. The monoisotopic (exact) mass is 322 g/mol. The lowest BCUT2D eigenvalue weighted by atomic mass is 9.99. The molecule has 104 valence electrons. The molecule has 1 aromatic rings. The fraction of sp³-hybridized carbons (Fsp3) is 0.625. The Bertz CT molecular complexity index is 446. The van der Waals surface area contributed by atoms with E-state index in [9.17, 15) is 0 Å². The zero-order valence-electron chi connectivity index (χ0n) is 11.7. The SMILES string of the molecule is Cc1ccc(CNC2CCN3CCCCC23)cc1Br. The van der Waals surface area contributed by atoms with Gasteiger partial charge in [0.05, 0.1) is 0 Å². The topological polar surface area (TPSA) is 15.3 Å². The van der Waals surface area contributed by atoms with E-state index in [1.807, 2.05) is 0 Å². The first-order valence-electron chi connectivity index (χ1n) is 7.46. The summed E-state index contributed by atoms with van der Waals surface area (Å²) in [5, 5.41) is 3.78. The molecule has 3 rings (SSSR count). The van der Waals surface area contributed by atoms with Crippen LogP contribution in [0, 0.1) is 6.92 Å². The normalized spacial score (nSPS) is 27.5. The van der Waals surface area contributed by atoms with Gasteiger partial charge in [0, 0.05) is 29.6 Å². The van der Waals surface area contributed by atoms with Crippen LogP contribution in [-0.2, 0) is 6.54 Å². The molecule has 0 spiro atoms. The Morgan fingerprint density at radius 1 is 1.26 bits per heavy atom. The number of halogens is 1. The van der Waals surface area contributed by atoms with E-state index in [0.29, 0.717) is 6.04 Å². The predicted octanol–water partition coefficient (Wildman–Crippen LogP) is 3.47. The van der Waals surface area contributed by atoms with Gasteiger partial charge < -0.3 is 5.32 Å². The van der Waals surface area contributed by atoms with Crippen molar-refractivity contribution in [3.05, 3.63) is 33.8 Å². The molecule has 0 bridgehead atoms. The third-order valence-corrected chi connectivity index (χ3v) is 5.51. The minimum absolute atomic E-state index is 0.695. The number of rotatable bonds is 3. The molecule has 3 heteroatoms. The Morgan fingerprint density at radius 2 is 2.16 bits per heavy atom. The molecular formula is C16H23BrN2. The van der Waals surface area contributed by atoms with Gasteiger partial charge in [0.1, 0.15) is 0 Å². The van der Waals surface area contributed by atoms with E-state index >= 15 is 0 Å². The molecule has 0 amide bonds. The largest absolute Gasteiger partial charge is 0.308 e. The lowest BCUT2D eigenvalue weighted by molar-refractivity contribution is 0.180. The van der Waals surface area contributed by atoms with Crippen molar-refractivity contribution in [2.45, 2.75) is 51.2 Å². The van der Waals surface area contributed by atoms with E-state index in [0.717, 1.165) is 12.6 Å². The maximum absolute atomic E-state index is 3.78. The molecule has 0 aromatic heterocycles. The molecule has 19 heavy (non-hydrogen) atoms. The number of piperidine rings is 1. The van der Waals surface area contributed by atoms with Crippen LogP contribution in [0.3, 0.4) is 0 Å². The predicted molar refractivity (Wildman–Crippen MR) is 83.3 cm³/mol. The van der Waals surface area contributed by atoms with Crippen LogP contribution >= 0.6 is 15.9 Å². The summed E-state index contributed by atoms with van der Waals surface area (Å²) in [5.74, 6) is 0. The quantitative estimate of drug-likeness (QED) is 0.916. The van der Waals surface area contributed by atoms with Crippen LogP contribution in [0.15, 0.2) is 22.7 Å². The van der Waals surface area contributed by atoms with Crippen molar-refractivity contribution >= 4 is 15.9 Å². The van der Waals surface area contributed by atoms with Gasteiger partial charge in [0.25, 0.3) is 0 Å². The van der Waals surface area contributed by atoms with E-state index in [4.69, 9.17) is 0 Å². The number of nitrogens with zero attached hydrogens (tertiary/aromatic N) is 1. The molecule has 2 fully saturated rings. The van der Waals surface area contributed by atoms with Crippen LogP contribution in [0.4, 0.5) is 0 Å². The summed E-state index contributed by atoms with van der Waals surface area (Å²) in [6.07, 6.45) is 5.51. The van der Waals surface area contributed by atoms with Crippen LogP contribution in [0.5, 0.6) is 0 Å². The van der Waals surface area contributed by atoms with Gasteiger partial charge in [-0.05, 0) is 49.9 Å². The Kier molecular flexibility index (Phi) is 4.25. The number of nitrogens with one attached hydrogen (secondary N) is 1. The highest BCUT2D eigenvalue weighted by Gasteiger charge is 2.34. The standard InChI is InChI=1S/C16H23BrN2/c1-12-5-6-13(10-14(12)17)11-18-15-7-9-19-8-3-2-4-16(15)19/h5-6,10,15-16,18H,2-4,7-9,11H2,1H3. The minimum Gasteiger partial charge on any atom is -0.308 e. The van der Waals surface area contributed by atoms with Gasteiger partial charge in [-0.15, -0.1) is 0 Å². The van der Waals surface area contributed by atoms with Gasteiger partial charge >= 0.3 is 0 Å². The molecule has 0 radical (unpaired) electrons. The maximum atomic E-state index is 3.78. The molecule has 2 atom stereocenters. The van der Waals surface area contributed by atoms with Crippen LogP contribution in [0.2, 0.25) is 0 Å². The Labute approximate surface area is 124 Å². The summed E-state index contributed by atoms with van der Waals surface area (Å²) in [5.41, 5.74) is 2.69. The van der Waals surface area contributed by atoms with Gasteiger partial charge in [0.2, 0.25) is 0 Å². The van der Waals surface area contributed by atoms with E-state index in [2.05, 4.69) is 51.3 Å². The Balaban J connectivity index is 1.58. The number of benzene rings is 1. The molecule has 0 aliphatic carbocycles. The molecule has 2 aliphatic heterocycles. The zero-order valence-corrected chi connectivity index (χ0v) is 13.2. The average molecular weight is 323 g/mol. The molecular weight excluding hydrogens is 300 g/mol. The second kappa shape index (κ2) is 5.94. The highest BCUT2D eigenvalue weighted by atomic mass is 79.9. The first kappa shape index (κ1) is 13.6. The zero-order chi connectivity index (χ0) is 13.2. The van der Waals surface area contributed by atoms with Crippen molar-refractivity contribution in [2.24, 2.45) is 0 Å². The maximum Gasteiger partial charge on any atom is 0.0249 e. The molecule has 2 unspecified atom stereocenters. The first-order chi connectivity index (χ1) is 9.24. The van der Waals surface area contributed by atoms with Crippen molar-refractivity contribution < 1.29 is 0 Å². The molecule has 0 saturated carbocycles. The summed E-state index contributed by atoms with van der Waals surface area (Å²) in [4.78, 5) is 2.69. The van der Waals surface area contributed by atoms with Crippen LogP contribution in [0.25, 0.3) is 0 Å². The second-order valence-electron chi connectivity index (χ2n) is 5.96. The van der Waals surface area contributed by atoms with Crippen molar-refractivity contribution in [3.63, 3.8) is 0 Å². The van der Waals surface area contributed by atoms with Gasteiger partial charge in [-0.3, -0.25) is 4.90 Å². The number of aryl methyl sites for hydroxylation is 1. The number of hydrogen-bond acceptors (Lipinski definition) is 2. The highest BCUT2D eigenvalue weighted by Crippen LogP contribution is 2.27. The van der Waals surface area contributed by atoms with Gasteiger partial charge in [0.15, 0.2) is 0 Å². The highest BCUT2D eigenvalue weighted by molar-refractivity contribution is 9.10. The molecule has 2 saturated heterocycles. The Hall–Kier alpha value is -0.380. The summed E-state index contributed by atoms with van der Waals surface area (Å²) in [6.45, 7) is 5.74. The van der Waals surface area contributed by atoms with Crippen LogP contribution < -0.4 is 5.32 Å². The summed E-state index contributed by atoms with van der Waals surface area (Å²) >= 11 is 3.62. The smallest absolute Gasteiger partial charge is 0.0249 e. The van der Waals surface area contributed by atoms with Crippen molar-refractivity contribution in [2.75, 3.05) is 13.1 Å². The van der Waals surface area contributed by atoms with Gasteiger partial charge in [-0.25, -0.2) is 0 Å². The first-order valence-corrected chi connectivity index (χ1v) is 8.26. The second-order valence-corrected chi connectivity index (χ2v) is 6.81. The van der Waals surface area contributed by atoms with E-state index in [-0.39, 0.29) is 0 Å². The fourth-order valence-electron chi connectivity index (χ4n) is 3.48. The fourth-order valence-corrected chi connectivity index (χ4v) is 3.91.